The molecular formula is C26H28N6O3S. The number of thiophene rings is 1. The standard InChI is InChI=1S/C26H28N6O3S/c1-12-7-17(21(13(2)29-12)30-23(33)14-9-31(27)10-14)16-5-6-28-18-8-15(36-22(16)18)11-32-24(34)19-20(25(32)35)26(19,3)4/h5-8,14,19-20H,9-11,27H2,1-4H3,(H,30,33). The summed E-state index contributed by atoms with van der Waals surface area (Å²) in [5.74, 6) is 4.98. The van der Waals surface area contributed by atoms with Crippen LogP contribution < -0.4 is 11.2 Å². The van der Waals surface area contributed by atoms with E-state index in [4.69, 9.17) is 5.84 Å². The summed E-state index contributed by atoms with van der Waals surface area (Å²) in [5, 5.41) is 4.71. The molecular weight excluding hydrogens is 476 g/mol. The van der Waals surface area contributed by atoms with Crippen molar-refractivity contribution in [2.24, 2.45) is 29.0 Å². The summed E-state index contributed by atoms with van der Waals surface area (Å²) < 4.78 is 0.939. The number of hydrogen-bond acceptors (Lipinski definition) is 8. The molecule has 2 atom stereocenters. The Labute approximate surface area is 212 Å². The molecule has 186 valence electrons. The lowest BCUT2D eigenvalue weighted by Gasteiger charge is -2.34. The Kier molecular flexibility index (Phi) is 5.09. The van der Waals surface area contributed by atoms with E-state index in [2.05, 4.69) is 15.3 Å². The number of hydrogen-bond donors (Lipinski definition) is 2. The molecule has 3 aliphatic rings. The maximum Gasteiger partial charge on any atom is 0.234 e. The first kappa shape index (κ1) is 23.2. The Morgan fingerprint density at radius 2 is 1.86 bits per heavy atom. The van der Waals surface area contributed by atoms with Crippen molar-refractivity contribution in [3.63, 3.8) is 0 Å². The highest BCUT2D eigenvalue weighted by Gasteiger charge is 2.72. The van der Waals surface area contributed by atoms with Gasteiger partial charge in [-0.3, -0.25) is 35.1 Å². The second-order valence-corrected chi connectivity index (χ2v) is 11.9. The molecule has 3 fully saturated rings. The average molecular weight is 505 g/mol. The van der Waals surface area contributed by atoms with E-state index in [0.717, 1.165) is 37.6 Å². The van der Waals surface area contributed by atoms with E-state index in [-0.39, 0.29) is 47.4 Å². The Hall–Kier alpha value is -3.21. The molecule has 0 aromatic carbocycles. The molecule has 0 spiro atoms. The van der Waals surface area contributed by atoms with Gasteiger partial charge in [0.05, 0.1) is 45.9 Å². The van der Waals surface area contributed by atoms with E-state index in [1.807, 2.05) is 45.9 Å². The van der Waals surface area contributed by atoms with E-state index in [1.54, 1.807) is 11.2 Å². The number of carbonyl (C=O) groups is 3. The van der Waals surface area contributed by atoms with Gasteiger partial charge in [-0.25, -0.2) is 5.01 Å². The zero-order chi connectivity index (χ0) is 25.5. The van der Waals surface area contributed by atoms with Crippen LogP contribution in [0.4, 0.5) is 5.69 Å². The SMILES string of the molecule is Cc1cc(-c2ccnc3cc(CN4C(=O)C5C(C4=O)C5(C)C)sc23)c(NC(=O)C2CN(N)C2)c(C)n1. The number of pyridine rings is 2. The van der Waals surface area contributed by atoms with Crippen LogP contribution in [0.2, 0.25) is 0 Å². The van der Waals surface area contributed by atoms with Gasteiger partial charge < -0.3 is 5.32 Å². The minimum absolute atomic E-state index is 0.0712. The third kappa shape index (κ3) is 3.47. The lowest BCUT2D eigenvalue weighted by atomic mass is 9.99. The number of nitrogens with zero attached hydrogens (tertiary/aromatic N) is 4. The molecule has 9 nitrogen and oxygen atoms in total. The van der Waals surface area contributed by atoms with Crippen molar-refractivity contribution >= 4 is 45.0 Å². The number of likely N-dealkylation sites (tertiary alicyclic amines) is 1. The molecule has 2 saturated heterocycles. The topological polar surface area (TPSA) is 122 Å². The van der Waals surface area contributed by atoms with E-state index < -0.39 is 0 Å². The van der Waals surface area contributed by atoms with Gasteiger partial charge in [-0.05, 0) is 37.5 Å². The molecule has 0 bridgehead atoms. The smallest absolute Gasteiger partial charge is 0.234 e. The van der Waals surface area contributed by atoms with E-state index in [0.29, 0.717) is 18.8 Å². The number of piperidine rings is 1. The number of imide groups is 1. The predicted octanol–water partition coefficient (Wildman–Crippen LogP) is 2.86. The molecule has 3 aromatic rings. The van der Waals surface area contributed by atoms with Gasteiger partial charge in [0.2, 0.25) is 17.7 Å². The van der Waals surface area contributed by atoms with E-state index in [9.17, 15) is 14.4 Å². The number of aryl methyl sites for hydroxylation is 2. The number of anilines is 1. The van der Waals surface area contributed by atoms with Gasteiger partial charge in [0.25, 0.3) is 0 Å². The zero-order valence-corrected chi connectivity index (χ0v) is 21.5. The van der Waals surface area contributed by atoms with Crippen molar-refractivity contribution in [1.82, 2.24) is 19.9 Å². The number of fused-ring (bicyclic) bond motifs is 2. The molecule has 2 unspecified atom stereocenters. The highest BCUT2D eigenvalue weighted by atomic mass is 32.1. The Morgan fingerprint density at radius 3 is 2.53 bits per heavy atom. The first-order chi connectivity index (χ1) is 17.1. The van der Waals surface area contributed by atoms with E-state index in [1.165, 1.54) is 16.2 Å². The van der Waals surface area contributed by atoms with Crippen LogP contribution in [0.1, 0.15) is 30.1 Å². The molecule has 0 radical (unpaired) electrons. The maximum absolute atomic E-state index is 12.9. The Morgan fingerprint density at radius 1 is 1.17 bits per heavy atom. The molecule has 5 heterocycles. The van der Waals surface area contributed by atoms with Crippen LogP contribution in [0.3, 0.4) is 0 Å². The second-order valence-electron chi connectivity index (χ2n) is 10.7. The summed E-state index contributed by atoms with van der Waals surface area (Å²) in [6.45, 7) is 9.10. The quantitative estimate of drug-likeness (QED) is 0.405. The number of rotatable bonds is 5. The van der Waals surface area contributed by atoms with Crippen LogP contribution in [0, 0.1) is 37.0 Å². The number of aromatic nitrogens is 2. The summed E-state index contributed by atoms with van der Waals surface area (Å²) >= 11 is 1.52. The van der Waals surface area contributed by atoms with Crippen molar-refractivity contribution in [3.8, 4) is 11.1 Å². The zero-order valence-electron chi connectivity index (χ0n) is 20.7. The van der Waals surface area contributed by atoms with Gasteiger partial charge in [0.1, 0.15) is 0 Å². The van der Waals surface area contributed by atoms with Gasteiger partial charge in [0, 0.05) is 41.0 Å². The van der Waals surface area contributed by atoms with Gasteiger partial charge in [-0.15, -0.1) is 11.3 Å². The number of nitrogens with one attached hydrogen (secondary N) is 1. The normalized spacial score (nSPS) is 23.2. The third-order valence-electron chi connectivity index (χ3n) is 7.82. The number of amides is 3. The minimum Gasteiger partial charge on any atom is -0.324 e. The van der Waals surface area contributed by atoms with Crippen molar-refractivity contribution in [3.05, 3.63) is 40.7 Å². The van der Waals surface area contributed by atoms with Crippen LogP contribution in [-0.4, -0.2) is 50.7 Å². The Balaban J connectivity index is 1.34. The van der Waals surface area contributed by atoms with E-state index >= 15 is 0 Å². The van der Waals surface area contributed by atoms with Gasteiger partial charge >= 0.3 is 0 Å². The van der Waals surface area contributed by atoms with Crippen molar-refractivity contribution < 1.29 is 14.4 Å². The summed E-state index contributed by atoms with van der Waals surface area (Å²) in [5.41, 5.74) is 4.62. The summed E-state index contributed by atoms with van der Waals surface area (Å²) in [7, 11) is 0. The minimum atomic E-state index is -0.223. The molecule has 3 N–H and O–H groups in total. The largest absolute Gasteiger partial charge is 0.324 e. The Bertz CT molecular complexity index is 1430. The van der Waals surface area contributed by atoms with Crippen LogP contribution in [0.25, 0.3) is 21.3 Å². The van der Waals surface area contributed by atoms with Gasteiger partial charge in [-0.2, -0.15) is 0 Å². The molecule has 3 amide bonds. The second kappa shape index (κ2) is 7.89. The first-order valence-electron chi connectivity index (χ1n) is 12.1. The number of nitrogens with two attached hydrogens (primary N) is 1. The molecule has 1 saturated carbocycles. The number of carbonyl (C=O) groups excluding carboxylic acids is 3. The molecule has 6 rings (SSSR count). The predicted molar refractivity (Wildman–Crippen MR) is 137 cm³/mol. The highest BCUT2D eigenvalue weighted by molar-refractivity contribution is 7.19. The van der Waals surface area contributed by atoms with Crippen LogP contribution >= 0.6 is 11.3 Å². The molecule has 10 heteroatoms. The highest BCUT2D eigenvalue weighted by Crippen LogP contribution is 2.63. The summed E-state index contributed by atoms with van der Waals surface area (Å²) in [4.78, 5) is 50.0. The third-order valence-corrected chi connectivity index (χ3v) is 8.96. The van der Waals surface area contributed by atoms with Crippen LogP contribution in [-0.2, 0) is 20.9 Å². The van der Waals surface area contributed by atoms with Crippen molar-refractivity contribution in [2.75, 3.05) is 18.4 Å². The summed E-state index contributed by atoms with van der Waals surface area (Å²) in [6, 6.07) is 5.85. The molecule has 2 aliphatic heterocycles. The van der Waals surface area contributed by atoms with Gasteiger partial charge in [-0.1, -0.05) is 13.8 Å². The number of hydrazine groups is 1. The summed E-state index contributed by atoms with van der Waals surface area (Å²) in [6.07, 6.45) is 1.74. The van der Waals surface area contributed by atoms with Crippen LogP contribution in [0.15, 0.2) is 24.4 Å². The van der Waals surface area contributed by atoms with Gasteiger partial charge in [0.15, 0.2) is 0 Å². The fourth-order valence-corrected chi connectivity index (χ4v) is 6.83. The average Bonchev–Trinajstić information content (AvgIpc) is 3.04. The van der Waals surface area contributed by atoms with Crippen molar-refractivity contribution in [1.29, 1.82) is 0 Å². The lowest BCUT2D eigenvalue weighted by Crippen LogP contribution is -2.55. The lowest BCUT2D eigenvalue weighted by molar-refractivity contribution is -0.143. The first-order valence-corrected chi connectivity index (χ1v) is 12.9. The molecule has 1 aliphatic carbocycles. The fraction of sp³-hybridized carbons (Fsp3) is 0.423. The fourth-order valence-electron chi connectivity index (χ4n) is 5.70. The maximum atomic E-state index is 12.9. The molecule has 36 heavy (non-hydrogen) atoms. The van der Waals surface area contributed by atoms with Crippen LogP contribution in [0.5, 0.6) is 0 Å². The molecule has 3 aromatic heterocycles. The monoisotopic (exact) mass is 504 g/mol. The van der Waals surface area contributed by atoms with Crippen molar-refractivity contribution in [2.45, 2.75) is 34.2 Å².